The third-order valence-electron chi connectivity index (χ3n) is 16.0. The number of benzene rings is 1. The van der Waals surface area contributed by atoms with Crippen LogP contribution < -0.4 is 0 Å². The van der Waals surface area contributed by atoms with Gasteiger partial charge in [0.2, 0.25) is 11.8 Å². The summed E-state index contributed by atoms with van der Waals surface area (Å²) in [5, 5.41) is 19.2. The Balaban J connectivity index is 1.17. The molecule has 0 bridgehead atoms. The molecule has 8 atom stereocenters. The molecule has 5 aliphatic rings. The number of aromatic nitrogens is 2. The maximum absolute atomic E-state index is 14.1. The molecule has 53 heavy (non-hydrogen) atoms. The van der Waals surface area contributed by atoms with Gasteiger partial charge in [-0.1, -0.05) is 65.6 Å². The number of halogens is 1. The summed E-state index contributed by atoms with van der Waals surface area (Å²) >= 11 is 6.13. The molecular formula is C44H59ClN2O6. The van der Waals surface area contributed by atoms with E-state index in [2.05, 4.69) is 58.7 Å². The maximum Gasteiger partial charge on any atom is 0.309 e. The minimum absolute atomic E-state index is 0.0205. The van der Waals surface area contributed by atoms with Gasteiger partial charge in [0.1, 0.15) is 6.10 Å². The van der Waals surface area contributed by atoms with E-state index in [4.69, 9.17) is 20.8 Å². The van der Waals surface area contributed by atoms with E-state index in [-0.39, 0.29) is 45.5 Å². The molecule has 0 unspecified atom stereocenters. The first kappa shape index (κ1) is 38.3. The van der Waals surface area contributed by atoms with Gasteiger partial charge in [-0.15, -0.1) is 10.2 Å². The monoisotopic (exact) mass is 746 g/mol. The average Bonchev–Trinajstić information content (AvgIpc) is 3.64. The number of ketones is 1. The summed E-state index contributed by atoms with van der Waals surface area (Å²) in [5.74, 6) is 1.28. The number of rotatable bonds is 8. The molecule has 1 N–H and O–H groups in total. The van der Waals surface area contributed by atoms with Crippen molar-refractivity contribution in [3.63, 3.8) is 0 Å². The van der Waals surface area contributed by atoms with E-state index >= 15 is 0 Å². The Labute approximate surface area is 320 Å². The van der Waals surface area contributed by atoms with Crippen LogP contribution in [0.3, 0.4) is 0 Å². The second-order valence-electron chi connectivity index (χ2n) is 19.9. The van der Waals surface area contributed by atoms with Gasteiger partial charge in [-0.3, -0.25) is 14.4 Å². The van der Waals surface area contributed by atoms with Crippen molar-refractivity contribution in [2.45, 2.75) is 139 Å². The number of carbonyl (C=O) groups excluding carboxylic acids is 2. The van der Waals surface area contributed by atoms with Crippen molar-refractivity contribution in [1.82, 2.24) is 10.2 Å². The number of nitrogens with zero attached hydrogens (tertiary/aromatic N) is 2. The molecule has 1 aromatic carbocycles. The molecule has 9 heteroatoms. The lowest BCUT2D eigenvalue weighted by molar-refractivity contribution is -0.233. The van der Waals surface area contributed by atoms with Crippen molar-refractivity contribution < 1.29 is 28.6 Å². The van der Waals surface area contributed by atoms with Crippen molar-refractivity contribution in [1.29, 1.82) is 0 Å². The van der Waals surface area contributed by atoms with E-state index < -0.39 is 17.4 Å². The summed E-state index contributed by atoms with van der Waals surface area (Å²) in [7, 11) is 0. The van der Waals surface area contributed by atoms with Gasteiger partial charge in [-0.2, -0.15) is 0 Å². The first-order valence-corrected chi connectivity index (χ1v) is 20.4. The van der Waals surface area contributed by atoms with Crippen molar-refractivity contribution in [2.24, 2.45) is 56.2 Å². The summed E-state index contributed by atoms with van der Waals surface area (Å²) in [5.41, 5.74) is 1.73. The standard InChI is InChI=1S/C44H59ClN2O6/c1-25(2)35-29(48)22-44(23-33-46-47-37(53-33)26-10-12-27(45)13-11-26)21-20-42(8)28(36(35)44)14-15-31-41(7)18-17-32(52-34(49)24-39(3,4)38(50)51)40(5,6)30(41)16-19-43(31,42)9/h10-13,25,28,30-32H,14-24H2,1-9H3,(H,50,51)/t28-,30+,31-,32+,41+,42-,43-,44+/m1/s1. The molecule has 7 rings (SSSR count). The molecule has 0 amide bonds. The van der Waals surface area contributed by atoms with Gasteiger partial charge in [0.25, 0.3) is 0 Å². The number of aliphatic carboxylic acids is 1. The summed E-state index contributed by atoms with van der Waals surface area (Å²) < 4.78 is 12.5. The highest BCUT2D eigenvalue weighted by molar-refractivity contribution is 6.30. The summed E-state index contributed by atoms with van der Waals surface area (Å²) in [4.78, 5) is 39.0. The number of Topliss-reactive ketones (excluding diaryl/α,β-unsaturated/α-hetero) is 1. The topological polar surface area (TPSA) is 120 Å². The van der Waals surface area contributed by atoms with E-state index in [0.29, 0.717) is 53.2 Å². The molecule has 4 fully saturated rings. The fourth-order valence-corrected chi connectivity index (χ4v) is 13.2. The molecule has 0 radical (unpaired) electrons. The summed E-state index contributed by atoms with van der Waals surface area (Å²) in [6.45, 7) is 19.7. The first-order chi connectivity index (χ1) is 24.7. The highest BCUT2D eigenvalue weighted by Crippen LogP contribution is 2.77. The molecular weight excluding hydrogens is 688 g/mol. The number of carbonyl (C=O) groups is 3. The molecule has 0 spiro atoms. The summed E-state index contributed by atoms with van der Waals surface area (Å²) in [6, 6.07) is 7.43. The number of carboxylic acid groups (broad SMARTS) is 1. The molecule has 288 valence electrons. The average molecular weight is 747 g/mol. The maximum atomic E-state index is 14.1. The van der Waals surface area contributed by atoms with Crippen molar-refractivity contribution in [3.8, 4) is 11.5 Å². The molecule has 8 nitrogen and oxygen atoms in total. The Hall–Kier alpha value is -3.00. The number of allylic oxidation sites excluding steroid dienone is 2. The smallest absolute Gasteiger partial charge is 0.309 e. The van der Waals surface area contributed by atoms with Crippen LogP contribution in [-0.4, -0.2) is 39.1 Å². The predicted molar refractivity (Wildman–Crippen MR) is 204 cm³/mol. The van der Waals surface area contributed by atoms with Crippen molar-refractivity contribution in [3.05, 3.63) is 46.3 Å². The zero-order chi connectivity index (χ0) is 38.5. The first-order valence-electron chi connectivity index (χ1n) is 20.0. The largest absolute Gasteiger partial charge is 0.481 e. The molecule has 5 aliphatic carbocycles. The van der Waals surface area contributed by atoms with Crippen LogP contribution in [0.2, 0.25) is 5.02 Å². The van der Waals surface area contributed by atoms with E-state index in [9.17, 15) is 19.5 Å². The fourth-order valence-electron chi connectivity index (χ4n) is 13.1. The summed E-state index contributed by atoms with van der Waals surface area (Å²) in [6.07, 6.45) is 8.79. The Bertz CT molecular complexity index is 1840. The lowest BCUT2D eigenvalue weighted by Gasteiger charge is -2.72. The second-order valence-corrected chi connectivity index (χ2v) is 20.3. The third-order valence-corrected chi connectivity index (χ3v) is 16.3. The zero-order valence-electron chi connectivity index (χ0n) is 33.2. The lowest BCUT2D eigenvalue weighted by Crippen LogP contribution is -2.65. The van der Waals surface area contributed by atoms with Crippen LogP contribution in [0.4, 0.5) is 0 Å². The number of hydrogen-bond donors (Lipinski definition) is 1. The van der Waals surface area contributed by atoms with E-state index in [0.717, 1.165) is 62.5 Å². The van der Waals surface area contributed by atoms with Gasteiger partial charge in [0.15, 0.2) is 5.78 Å². The minimum atomic E-state index is -1.16. The molecule has 1 heterocycles. The van der Waals surface area contributed by atoms with Crippen LogP contribution in [0.15, 0.2) is 39.8 Å². The van der Waals surface area contributed by atoms with Gasteiger partial charge in [-0.05, 0) is 135 Å². The lowest BCUT2D eigenvalue weighted by atomic mass is 9.33. The number of fused-ring (bicyclic) bond motifs is 7. The third kappa shape index (κ3) is 5.85. The Morgan fingerprint density at radius 2 is 1.64 bits per heavy atom. The van der Waals surface area contributed by atoms with Crippen LogP contribution in [0.25, 0.3) is 11.5 Å². The number of carboxylic acids is 1. The normalized spacial score (nSPS) is 36.4. The quantitative estimate of drug-likeness (QED) is 0.265. The van der Waals surface area contributed by atoms with Crippen LogP contribution in [0, 0.1) is 56.2 Å². The number of esters is 1. The van der Waals surface area contributed by atoms with Crippen LogP contribution in [0.5, 0.6) is 0 Å². The van der Waals surface area contributed by atoms with Gasteiger partial charge in [-0.25, -0.2) is 0 Å². The highest BCUT2D eigenvalue weighted by Gasteiger charge is 2.70. The van der Waals surface area contributed by atoms with E-state index in [1.54, 1.807) is 13.8 Å². The minimum Gasteiger partial charge on any atom is -0.481 e. The van der Waals surface area contributed by atoms with Crippen LogP contribution in [0.1, 0.15) is 132 Å². The Morgan fingerprint density at radius 3 is 2.30 bits per heavy atom. The molecule has 4 saturated carbocycles. The van der Waals surface area contributed by atoms with Gasteiger partial charge in [0, 0.05) is 34.3 Å². The number of hydrogen-bond acceptors (Lipinski definition) is 7. The fraction of sp³-hybridized carbons (Fsp3) is 0.705. The van der Waals surface area contributed by atoms with Crippen LogP contribution in [-0.2, 0) is 25.5 Å². The highest BCUT2D eigenvalue weighted by atomic mass is 35.5. The van der Waals surface area contributed by atoms with Gasteiger partial charge < -0.3 is 14.3 Å². The van der Waals surface area contributed by atoms with Crippen molar-refractivity contribution in [2.75, 3.05) is 0 Å². The SMILES string of the molecule is CC(C)C1=C2[C@H]3CC[C@@H]4[C@@]5(C)CC[C@H](OC(=O)CC(C)(C)C(=O)O)C(C)(C)[C@@H]5CC[C@@]4(C)[C@]3(C)CC[C@@]2(Cc2nnc(-c3ccc(Cl)cc3)o2)CC1=O. The molecule has 2 aromatic rings. The Kier molecular flexibility index (Phi) is 9.23. The molecule has 0 aliphatic heterocycles. The molecule has 1 aromatic heterocycles. The molecule has 0 saturated heterocycles. The van der Waals surface area contributed by atoms with Gasteiger partial charge >= 0.3 is 11.9 Å². The Morgan fingerprint density at radius 1 is 0.943 bits per heavy atom. The van der Waals surface area contributed by atoms with Gasteiger partial charge in [0.05, 0.1) is 11.8 Å². The van der Waals surface area contributed by atoms with E-state index in [1.807, 2.05) is 24.3 Å². The second kappa shape index (κ2) is 12.8. The van der Waals surface area contributed by atoms with Crippen LogP contribution >= 0.6 is 11.6 Å². The van der Waals surface area contributed by atoms with E-state index in [1.165, 1.54) is 5.57 Å². The zero-order valence-corrected chi connectivity index (χ0v) is 34.0. The number of ether oxygens (including phenoxy) is 1. The van der Waals surface area contributed by atoms with Crippen molar-refractivity contribution >= 4 is 29.3 Å². The predicted octanol–water partition coefficient (Wildman–Crippen LogP) is 10.3.